The molecule has 0 saturated heterocycles. The van der Waals surface area contributed by atoms with Crippen LogP contribution in [0.15, 0.2) is 48.5 Å². The van der Waals surface area contributed by atoms with Crippen molar-refractivity contribution in [2.24, 2.45) is 0 Å². The van der Waals surface area contributed by atoms with Crippen LogP contribution in [0, 0.1) is 0 Å². The second-order valence-corrected chi connectivity index (χ2v) is 5.03. The summed E-state index contributed by atoms with van der Waals surface area (Å²) in [5.74, 6) is -0.191. The van der Waals surface area contributed by atoms with Gasteiger partial charge in [0.25, 0.3) is 0 Å². The third kappa shape index (κ3) is 2.33. The van der Waals surface area contributed by atoms with Gasteiger partial charge in [-0.25, -0.2) is 9.31 Å². The second kappa shape index (κ2) is 4.94. The smallest absolute Gasteiger partial charge is 0.356 e. The molecule has 0 atom stereocenters. The fraction of sp³-hybridized carbons (Fsp3) is 0.125. The zero-order valence-electron chi connectivity index (χ0n) is 11.8. The van der Waals surface area contributed by atoms with Gasteiger partial charge in [-0.1, -0.05) is 30.3 Å². The van der Waals surface area contributed by atoms with Crippen LogP contribution in [-0.2, 0) is 0 Å². The van der Waals surface area contributed by atoms with Gasteiger partial charge >= 0.3 is 5.97 Å². The minimum Gasteiger partial charge on any atom is -0.476 e. The molecule has 0 spiro atoms. The summed E-state index contributed by atoms with van der Waals surface area (Å²) >= 11 is 0. The molecule has 2 aromatic heterocycles. The molecule has 2 heterocycles. The van der Waals surface area contributed by atoms with Crippen molar-refractivity contribution in [1.82, 2.24) is 9.61 Å². The molecule has 0 radical (unpaired) electrons. The molecule has 0 amide bonds. The minimum atomic E-state index is -1.02. The molecule has 0 saturated carbocycles. The van der Waals surface area contributed by atoms with E-state index in [0.29, 0.717) is 0 Å². The molecule has 1 N–H and O–H groups in total. The molecule has 3 aromatic rings. The lowest BCUT2D eigenvalue weighted by Gasteiger charge is -2.16. The lowest BCUT2D eigenvalue weighted by Crippen LogP contribution is -2.14. The molecule has 5 heteroatoms. The number of rotatable bonds is 3. The van der Waals surface area contributed by atoms with Crippen LogP contribution in [0.4, 0.5) is 5.82 Å². The van der Waals surface area contributed by atoms with E-state index in [1.54, 1.807) is 10.6 Å². The largest absolute Gasteiger partial charge is 0.476 e. The summed E-state index contributed by atoms with van der Waals surface area (Å²) in [6.07, 6.45) is 0. The van der Waals surface area contributed by atoms with Crippen LogP contribution in [-0.4, -0.2) is 34.8 Å². The Labute approximate surface area is 122 Å². The Balaban J connectivity index is 2.27. The molecule has 106 valence electrons. The SMILES string of the molecule is CN(C)c1cc(-c2ccccc2)cc2cc(C(=O)O)nn12. The highest BCUT2D eigenvalue weighted by Gasteiger charge is 2.14. The number of carboxylic acids is 1. The van der Waals surface area contributed by atoms with E-state index in [2.05, 4.69) is 5.10 Å². The van der Waals surface area contributed by atoms with Gasteiger partial charge in [-0.15, -0.1) is 0 Å². The van der Waals surface area contributed by atoms with E-state index >= 15 is 0 Å². The summed E-state index contributed by atoms with van der Waals surface area (Å²) < 4.78 is 1.65. The summed E-state index contributed by atoms with van der Waals surface area (Å²) in [5.41, 5.74) is 2.92. The second-order valence-electron chi connectivity index (χ2n) is 5.03. The molecule has 0 fully saturated rings. The molecule has 3 rings (SSSR count). The van der Waals surface area contributed by atoms with Crippen molar-refractivity contribution in [1.29, 1.82) is 0 Å². The van der Waals surface area contributed by atoms with Crippen molar-refractivity contribution in [3.05, 3.63) is 54.2 Å². The Morgan fingerprint density at radius 1 is 1.10 bits per heavy atom. The highest BCUT2D eigenvalue weighted by molar-refractivity contribution is 5.88. The monoisotopic (exact) mass is 281 g/mol. The molecular weight excluding hydrogens is 266 g/mol. The van der Waals surface area contributed by atoms with Crippen LogP contribution in [0.5, 0.6) is 0 Å². The summed E-state index contributed by atoms with van der Waals surface area (Å²) in [6, 6.07) is 15.5. The number of pyridine rings is 1. The van der Waals surface area contributed by atoms with Gasteiger partial charge in [0.2, 0.25) is 0 Å². The van der Waals surface area contributed by atoms with Gasteiger partial charge in [-0.05, 0) is 29.3 Å². The topological polar surface area (TPSA) is 57.8 Å². The number of carbonyl (C=O) groups is 1. The molecule has 0 aliphatic heterocycles. The van der Waals surface area contributed by atoms with E-state index in [4.69, 9.17) is 5.11 Å². The lowest BCUT2D eigenvalue weighted by molar-refractivity contribution is 0.0690. The van der Waals surface area contributed by atoms with Crippen LogP contribution in [0.25, 0.3) is 16.6 Å². The van der Waals surface area contributed by atoms with Crippen molar-refractivity contribution < 1.29 is 9.90 Å². The molecule has 0 aliphatic carbocycles. The number of hydrogen-bond acceptors (Lipinski definition) is 3. The highest BCUT2D eigenvalue weighted by Crippen LogP contribution is 2.26. The van der Waals surface area contributed by atoms with Gasteiger partial charge in [0.15, 0.2) is 5.69 Å². The van der Waals surface area contributed by atoms with Crippen LogP contribution in [0.2, 0.25) is 0 Å². The minimum absolute atomic E-state index is 0.0447. The summed E-state index contributed by atoms with van der Waals surface area (Å²) in [7, 11) is 3.82. The Bertz CT molecular complexity index is 807. The first-order valence-corrected chi connectivity index (χ1v) is 6.56. The molecule has 5 nitrogen and oxygen atoms in total. The van der Waals surface area contributed by atoms with Gasteiger partial charge in [0, 0.05) is 14.1 Å². The van der Waals surface area contributed by atoms with E-state index in [1.165, 1.54) is 0 Å². The van der Waals surface area contributed by atoms with Gasteiger partial charge in [0.05, 0.1) is 5.52 Å². The summed E-state index contributed by atoms with van der Waals surface area (Å²) in [4.78, 5) is 13.0. The zero-order valence-corrected chi connectivity index (χ0v) is 11.8. The maximum Gasteiger partial charge on any atom is 0.356 e. The van der Waals surface area contributed by atoms with Crippen molar-refractivity contribution in [3.8, 4) is 11.1 Å². The summed E-state index contributed by atoms with van der Waals surface area (Å²) in [5, 5.41) is 13.3. The van der Waals surface area contributed by atoms with Crippen molar-refractivity contribution in [2.75, 3.05) is 19.0 Å². The van der Waals surface area contributed by atoms with Crippen LogP contribution in [0.3, 0.4) is 0 Å². The number of carboxylic acid groups (broad SMARTS) is 1. The quantitative estimate of drug-likeness (QED) is 0.802. The Morgan fingerprint density at radius 3 is 2.43 bits per heavy atom. The Morgan fingerprint density at radius 2 is 1.81 bits per heavy atom. The third-order valence-electron chi connectivity index (χ3n) is 3.33. The number of aromatic nitrogens is 2. The third-order valence-corrected chi connectivity index (χ3v) is 3.33. The van der Waals surface area contributed by atoms with Gasteiger partial charge < -0.3 is 10.0 Å². The first-order valence-electron chi connectivity index (χ1n) is 6.56. The highest BCUT2D eigenvalue weighted by atomic mass is 16.4. The van der Waals surface area contributed by atoms with E-state index in [-0.39, 0.29) is 5.69 Å². The van der Waals surface area contributed by atoms with Gasteiger partial charge in [-0.2, -0.15) is 5.10 Å². The number of benzene rings is 1. The number of aromatic carboxylic acids is 1. The molecule has 21 heavy (non-hydrogen) atoms. The van der Waals surface area contributed by atoms with Crippen LogP contribution in [0.1, 0.15) is 10.5 Å². The number of anilines is 1. The van der Waals surface area contributed by atoms with Crippen LogP contribution >= 0.6 is 0 Å². The normalized spacial score (nSPS) is 10.8. The van der Waals surface area contributed by atoms with Crippen LogP contribution < -0.4 is 4.90 Å². The maximum atomic E-state index is 11.1. The average Bonchev–Trinajstić information content (AvgIpc) is 2.91. The van der Waals surface area contributed by atoms with E-state index in [9.17, 15) is 4.79 Å². The molecule has 0 aliphatic rings. The molecular formula is C16H15N3O2. The first-order chi connectivity index (χ1) is 10.1. The van der Waals surface area contributed by atoms with E-state index < -0.39 is 5.97 Å². The number of hydrogen-bond donors (Lipinski definition) is 1. The number of fused-ring (bicyclic) bond motifs is 1. The fourth-order valence-electron chi connectivity index (χ4n) is 2.30. The van der Waals surface area contributed by atoms with E-state index in [0.717, 1.165) is 22.5 Å². The Hall–Kier alpha value is -2.82. The average molecular weight is 281 g/mol. The predicted molar refractivity (Wildman–Crippen MR) is 81.9 cm³/mol. The number of nitrogens with zero attached hydrogens (tertiary/aromatic N) is 3. The lowest BCUT2D eigenvalue weighted by atomic mass is 10.1. The van der Waals surface area contributed by atoms with E-state index in [1.807, 2.05) is 61.5 Å². The van der Waals surface area contributed by atoms with Crippen molar-refractivity contribution in [3.63, 3.8) is 0 Å². The first kappa shape index (κ1) is 13.2. The maximum absolute atomic E-state index is 11.1. The Kier molecular flexibility index (Phi) is 3.10. The standard InChI is InChI=1S/C16H15N3O2/c1-18(2)15-9-12(11-6-4-3-5-7-11)8-13-10-14(16(20)21)17-19(13)15/h3-10H,1-2H3,(H,20,21). The fourth-order valence-corrected chi connectivity index (χ4v) is 2.30. The molecule has 0 unspecified atom stereocenters. The zero-order chi connectivity index (χ0) is 15.0. The van der Waals surface area contributed by atoms with Crippen molar-refractivity contribution >= 4 is 17.3 Å². The molecule has 0 bridgehead atoms. The van der Waals surface area contributed by atoms with Crippen molar-refractivity contribution in [2.45, 2.75) is 0 Å². The van der Waals surface area contributed by atoms with Gasteiger partial charge in [0.1, 0.15) is 5.82 Å². The predicted octanol–water partition coefficient (Wildman–Crippen LogP) is 2.77. The van der Waals surface area contributed by atoms with Gasteiger partial charge in [-0.3, -0.25) is 0 Å². The summed E-state index contributed by atoms with van der Waals surface area (Å²) in [6.45, 7) is 0. The molecule has 1 aromatic carbocycles.